The van der Waals surface area contributed by atoms with E-state index in [1.165, 1.54) is 36.8 Å². The Balaban J connectivity index is 1.38. The van der Waals surface area contributed by atoms with Crippen molar-refractivity contribution in [2.75, 3.05) is 0 Å². The van der Waals surface area contributed by atoms with Crippen LogP contribution in [-0.2, 0) is 0 Å². The monoisotopic (exact) mass is 418 g/mol. The van der Waals surface area contributed by atoms with E-state index in [-0.39, 0.29) is 0 Å². The van der Waals surface area contributed by atoms with Gasteiger partial charge in [0.25, 0.3) is 0 Å². The van der Waals surface area contributed by atoms with Crippen LogP contribution in [0.4, 0.5) is 0 Å². The lowest BCUT2D eigenvalue weighted by Crippen LogP contribution is -1.92. The summed E-state index contributed by atoms with van der Waals surface area (Å²) in [6.07, 6.45) is 7.37. The fourth-order valence-corrected chi connectivity index (χ4v) is 5.15. The second kappa shape index (κ2) is 7.59. The molecule has 5 aromatic rings. The van der Waals surface area contributed by atoms with Gasteiger partial charge in [0.1, 0.15) is 5.58 Å². The number of nitrogens with zero attached hydrogens (tertiary/aromatic N) is 2. The summed E-state index contributed by atoms with van der Waals surface area (Å²) in [5.41, 5.74) is 9.45. The van der Waals surface area contributed by atoms with Crippen LogP contribution in [0.25, 0.3) is 44.5 Å². The standard InChI is InChI=1S/C29H26N2O/c1-18-7-14-24-25-15-8-19(2)31-29(25)32-28(24)27(18)26-16-13-23(17-30-26)22-11-9-21(10-12-22)20-5-3-4-6-20/h7-17,20H,3-6H2,1-2H3. The Morgan fingerprint density at radius 2 is 1.53 bits per heavy atom. The summed E-state index contributed by atoms with van der Waals surface area (Å²) in [5.74, 6) is 0.745. The van der Waals surface area contributed by atoms with E-state index in [9.17, 15) is 0 Å². The SMILES string of the molecule is Cc1ccc2c(n1)oc1c(-c3ccc(-c4ccc(C5CCCC5)cc4)cn3)c(C)ccc12. The zero-order valence-corrected chi connectivity index (χ0v) is 18.6. The molecule has 0 radical (unpaired) electrons. The number of hydrogen-bond donors (Lipinski definition) is 0. The summed E-state index contributed by atoms with van der Waals surface area (Å²) in [6.45, 7) is 4.09. The number of rotatable bonds is 3. The first-order valence-electron chi connectivity index (χ1n) is 11.5. The number of hydrogen-bond acceptors (Lipinski definition) is 3. The van der Waals surface area contributed by atoms with Crippen LogP contribution in [0, 0.1) is 13.8 Å². The lowest BCUT2D eigenvalue weighted by molar-refractivity contribution is 0.653. The Hall–Kier alpha value is -3.46. The molecule has 1 fully saturated rings. The van der Waals surface area contributed by atoms with Gasteiger partial charge < -0.3 is 4.42 Å². The summed E-state index contributed by atoms with van der Waals surface area (Å²) in [7, 11) is 0. The molecule has 1 aliphatic rings. The molecule has 3 heteroatoms. The molecule has 3 heterocycles. The predicted octanol–water partition coefficient (Wildman–Crippen LogP) is 7.98. The maximum Gasteiger partial charge on any atom is 0.227 e. The first-order chi connectivity index (χ1) is 15.7. The molecule has 3 nitrogen and oxygen atoms in total. The van der Waals surface area contributed by atoms with Gasteiger partial charge >= 0.3 is 0 Å². The molecule has 158 valence electrons. The number of aromatic nitrogens is 2. The average Bonchev–Trinajstić information content (AvgIpc) is 3.47. The second-order valence-corrected chi connectivity index (χ2v) is 9.08. The van der Waals surface area contributed by atoms with Crippen LogP contribution in [0.1, 0.15) is 48.4 Å². The Labute approximate surface area is 188 Å². The Bertz CT molecular complexity index is 1420. The maximum atomic E-state index is 6.23. The van der Waals surface area contributed by atoms with E-state index >= 15 is 0 Å². The molecule has 0 unspecified atom stereocenters. The van der Waals surface area contributed by atoms with Gasteiger partial charge in [-0.25, -0.2) is 4.98 Å². The fourth-order valence-electron chi connectivity index (χ4n) is 5.15. The molecule has 0 saturated heterocycles. The smallest absolute Gasteiger partial charge is 0.227 e. The topological polar surface area (TPSA) is 38.9 Å². The van der Waals surface area contributed by atoms with Crippen LogP contribution in [0.2, 0.25) is 0 Å². The molecule has 0 N–H and O–H groups in total. The number of fused-ring (bicyclic) bond motifs is 3. The van der Waals surface area contributed by atoms with E-state index in [1.807, 2.05) is 19.2 Å². The first kappa shape index (κ1) is 19.2. The summed E-state index contributed by atoms with van der Waals surface area (Å²) in [5, 5.41) is 2.13. The zero-order valence-electron chi connectivity index (χ0n) is 18.6. The van der Waals surface area contributed by atoms with Crippen molar-refractivity contribution in [3.63, 3.8) is 0 Å². The highest BCUT2D eigenvalue weighted by molar-refractivity contribution is 6.09. The zero-order chi connectivity index (χ0) is 21.7. The van der Waals surface area contributed by atoms with E-state index in [1.54, 1.807) is 0 Å². The van der Waals surface area contributed by atoms with Gasteiger partial charge in [-0.1, -0.05) is 55.3 Å². The predicted molar refractivity (Wildman–Crippen MR) is 131 cm³/mol. The summed E-state index contributed by atoms with van der Waals surface area (Å²) >= 11 is 0. The van der Waals surface area contributed by atoms with Crippen LogP contribution in [0.15, 0.2) is 71.3 Å². The van der Waals surface area contributed by atoms with E-state index in [0.717, 1.165) is 50.4 Å². The van der Waals surface area contributed by atoms with Gasteiger partial charge in [0.05, 0.1) is 5.69 Å². The Morgan fingerprint density at radius 1 is 0.781 bits per heavy atom. The normalized spacial score (nSPS) is 14.6. The molecule has 1 aliphatic carbocycles. The summed E-state index contributed by atoms with van der Waals surface area (Å²) in [4.78, 5) is 9.42. The third kappa shape index (κ3) is 3.20. The van der Waals surface area contributed by atoms with Crippen molar-refractivity contribution < 1.29 is 4.42 Å². The molecule has 0 atom stereocenters. The molecule has 3 aromatic heterocycles. The Kier molecular flexibility index (Phi) is 4.57. The van der Waals surface area contributed by atoms with Crippen LogP contribution >= 0.6 is 0 Å². The van der Waals surface area contributed by atoms with Gasteiger partial charge in [-0.3, -0.25) is 4.98 Å². The average molecular weight is 419 g/mol. The highest BCUT2D eigenvalue weighted by Crippen LogP contribution is 2.38. The van der Waals surface area contributed by atoms with Crippen molar-refractivity contribution in [2.45, 2.75) is 45.4 Å². The third-order valence-corrected chi connectivity index (χ3v) is 6.94. The van der Waals surface area contributed by atoms with E-state index in [0.29, 0.717) is 5.71 Å². The number of aryl methyl sites for hydroxylation is 2. The van der Waals surface area contributed by atoms with Gasteiger partial charge in [0.15, 0.2) is 0 Å². The van der Waals surface area contributed by atoms with Crippen molar-refractivity contribution in [1.82, 2.24) is 9.97 Å². The van der Waals surface area contributed by atoms with Crippen molar-refractivity contribution >= 4 is 22.1 Å². The molecule has 0 bridgehead atoms. The van der Waals surface area contributed by atoms with E-state index in [4.69, 9.17) is 9.40 Å². The molecule has 0 spiro atoms. The lowest BCUT2D eigenvalue weighted by Gasteiger charge is -2.11. The number of benzene rings is 2. The van der Waals surface area contributed by atoms with Crippen molar-refractivity contribution in [3.8, 4) is 22.4 Å². The maximum absolute atomic E-state index is 6.23. The van der Waals surface area contributed by atoms with Crippen LogP contribution in [-0.4, -0.2) is 9.97 Å². The number of furan rings is 1. The van der Waals surface area contributed by atoms with Crippen molar-refractivity contribution in [1.29, 1.82) is 0 Å². The number of pyridine rings is 2. The minimum absolute atomic E-state index is 0.686. The summed E-state index contributed by atoms with van der Waals surface area (Å²) < 4.78 is 6.23. The molecular weight excluding hydrogens is 392 g/mol. The first-order valence-corrected chi connectivity index (χ1v) is 11.5. The van der Waals surface area contributed by atoms with Crippen molar-refractivity contribution in [3.05, 3.63) is 83.7 Å². The quantitative estimate of drug-likeness (QED) is 0.298. The minimum Gasteiger partial charge on any atom is -0.437 e. The highest BCUT2D eigenvalue weighted by Gasteiger charge is 2.18. The molecule has 32 heavy (non-hydrogen) atoms. The van der Waals surface area contributed by atoms with Gasteiger partial charge in [-0.2, -0.15) is 0 Å². The highest BCUT2D eigenvalue weighted by atomic mass is 16.3. The van der Waals surface area contributed by atoms with E-state index < -0.39 is 0 Å². The van der Waals surface area contributed by atoms with Crippen molar-refractivity contribution in [2.24, 2.45) is 0 Å². The van der Waals surface area contributed by atoms with Crippen LogP contribution < -0.4 is 0 Å². The third-order valence-electron chi connectivity index (χ3n) is 6.94. The molecule has 0 aliphatic heterocycles. The van der Waals surface area contributed by atoms with E-state index in [2.05, 4.69) is 66.5 Å². The van der Waals surface area contributed by atoms with Gasteiger partial charge in [0.2, 0.25) is 5.71 Å². The Morgan fingerprint density at radius 3 is 2.28 bits per heavy atom. The van der Waals surface area contributed by atoms with Gasteiger partial charge in [-0.05, 0) is 67.5 Å². The molecule has 1 saturated carbocycles. The van der Waals surface area contributed by atoms with Crippen LogP contribution in [0.5, 0.6) is 0 Å². The largest absolute Gasteiger partial charge is 0.437 e. The van der Waals surface area contributed by atoms with Gasteiger partial charge in [-0.15, -0.1) is 0 Å². The minimum atomic E-state index is 0.686. The lowest BCUT2D eigenvalue weighted by atomic mass is 9.95. The molecular formula is C29H26N2O. The van der Waals surface area contributed by atoms with Crippen LogP contribution in [0.3, 0.4) is 0 Å². The van der Waals surface area contributed by atoms with Gasteiger partial charge in [0, 0.05) is 33.8 Å². The summed E-state index contributed by atoms with van der Waals surface area (Å²) in [6, 6.07) is 21.7. The fraction of sp³-hybridized carbons (Fsp3) is 0.241. The molecule has 0 amide bonds. The molecule has 2 aromatic carbocycles. The second-order valence-electron chi connectivity index (χ2n) is 9.08. The molecule has 6 rings (SSSR count).